The van der Waals surface area contributed by atoms with Gasteiger partial charge in [0.25, 0.3) is 5.69 Å². The lowest BCUT2D eigenvalue weighted by atomic mass is 10.3. The third-order valence-corrected chi connectivity index (χ3v) is 3.54. The Bertz CT molecular complexity index is 849. The van der Waals surface area contributed by atoms with Gasteiger partial charge in [-0.05, 0) is 40.8 Å². The summed E-state index contributed by atoms with van der Waals surface area (Å²) >= 11 is 1.97. The number of rotatable bonds is 3. The second-order valence-electron chi connectivity index (χ2n) is 4.07. The van der Waals surface area contributed by atoms with Gasteiger partial charge in [-0.25, -0.2) is 4.39 Å². The zero-order chi connectivity index (χ0) is 15.0. The molecule has 0 amide bonds. The normalized spacial score (nSPS) is 10.8. The number of hydrogen-bond acceptors (Lipinski definition) is 5. The molecule has 1 heterocycles. The van der Waals surface area contributed by atoms with Crippen LogP contribution >= 0.6 is 22.6 Å². The summed E-state index contributed by atoms with van der Waals surface area (Å²) in [7, 11) is 0. The highest BCUT2D eigenvalue weighted by molar-refractivity contribution is 14.1. The van der Waals surface area contributed by atoms with Crippen LogP contribution in [0.4, 0.5) is 10.1 Å². The maximum atomic E-state index is 13.1. The van der Waals surface area contributed by atoms with Gasteiger partial charge in [0.2, 0.25) is 0 Å². The lowest BCUT2D eigenvalue weighted by Crippen LogP contribution is -1.92. The van der Waals surface area contributed by atoms with Crippen molar-refractivity contribution in [3.05, 3.63) is 55.9 Å². The van der Waals surface area contributed by atoms with Crippen LogP contribution in [0.25, 0.3) is 11.1 Å². The number of nitro groups is 1. The molecule has 0 aliphatic rings. The van der Waals surface area contributed by atoms with Crippen LogP contribution < -0.4 is 4.74 Å². The van der Waals surface area contributed by atoms with E-state index in [0.29, 0.717) is 14.7 Å². The van der Waals surface area contributed by atoms with E-state index in [0.717, 1.165) is 0 Å². The van der Waals surface area contributed by atoms with E-state index in [2.05, 4.69) is 4.98 Å². The van der Waals surface area contributed by atoms with Crippen LogP contribution in [0.1, 0.15) is 0 Å². The first kappa shape index (κ1) is 13.7. The molecule has 0 atom stereocenters. The van der Waals surface area contributed by atoms with Crippen LogP contribution in [0.2, 0.25) is 0 Å². The van der Waals surface area contributed by atoms with E-state index in [1.54, 1.807) is 6.07 Å². The number of oxazole rings is 1. The van der Waals surface area contributed by atoms with Gasteiger partial charge in [0.1, 0.15) is 11.3 Å². The van der Waals surface area contributed by atoms with E-state index in [1.165, 1.54) is 30.3 Å². The molecule has 0 aliphatic carbocycles. The van der Waals surface area contributed by atoms with E-state index in [4.69, 9.17) is 9.15 Å². The fourth-order valence-corrected chi connectivity index (χ4v) is 2.15. The summed E-state index contributed by atoms with van der Waals surface area (Å²) in [4.78, 5) is 14.2. The van der Waals surface area contributed by atoms with Crippen LogP contribution in [-0.2, 0) is 0 Å². The Hall–Kier alpha value is -2.23. The number of fused-ring (bicyclic) bond motifs is 1. The summed E-state index contributed by atoms with van der Waals surface area (Å²) in [5.74, 6) is -0.191. The van der Waals surface area contributed by atoms with Crippen LogP contribution in [0.15, 0.2) is 40.8 Å². The highest BCUT2D eigenvalue weighted by atomic mass is 127. The van der Waals surface area contributed by atoms with Gasteiger partial charge < -0.3 is 9.15 Å². The number of aromatic nitrogens is 1. The average Bonchev–Trinajstić information content (AvgIpc) is 2.82. The minimum absolute atomic E-state index is 0.103. The maximum Gasteiger partial charge on any atom is 0.400 e. The van der Waals surface area contributed by atoms with E-state index in [-0.39, 0.29) is 17.5 Å². The lowest BCUT2D eigenvalue weighted by Gasteiger charge is -2.02. The van der Waals surface area contributed by atoms with E-state index < -0.39 is 10.7 Å². The van der Waals surface area contributed by atoms with Crippen molar-refractivity contribution in [3.63, 3.8) is 0 Å². The summed E-state index contributed by atoms with van der Waals surface area (Å²) in [5.41, 5.74) is 0.574. The van der Waals surface area contributed by atoms with Crippen LogP contribution in [0.5, 0.6) is 11.8 Å². The number of benzene rings is 2. The number of non-ortho nitro benzene ring substituents is 1. The first-order valence-corrected chi connectivity index (χ1v) is 6.79. The second-order valence-corrected chi connectivity index (χ2v) is 5.23. The Balaban J connectivity index is 1.98. The molecule has 3 aromatic rings. The first-order valence-electron chi connectivity index (χ1n) is 5.71. The molecule has 1 aromatic heterocycles. The monoisotopic (exact) mass is 400 g/mol. The predicted molar refractivity (Wildman–Crippen MR) is 79.9 cm³/mol. The standard InChI is InChI=1S/C13H6FIN2O4/c14-7-1-4-11-10(5-7)16-13(20-11)21-12-6-8(17(18)19)2-3-9(12)15/h1-6H. The van der Waals surface area contributed by atoms with Crippen molar-refractivity contribution in [2.24, 2.45) is 0 Å². The van der Waals surface area contributed by atoms with Gasteiger partial charge >= 0.3 is 6.08 Å². The number of nitrogens with zero attached hydrogens (tertiary/aromatic N) is 2. The third kappa shape index (κ3) is 2.79. The quantitative estimate of drug-likeness (QED) is 0.373. The Morgan fingerprint density at radius 2 is 2.10 bits per heavy atom. The SMILES string of the molecule is O=[N+]([O-])c1ccc(I)c(Oc2nc3cc(F)ccc3o2)c1. The molecule has 2 aromatic carbocycles. The summed E-state index contributed by atoms with van der Waals surface area (Å²) in [6, 6.07) is 8.09. The molecule has 0 bridgehead atoms. The molecule has 0 fully saturated rings. The smallest absolute Gasteiger partial charge is 0.400 e. The minimum Gasteiger partial charge on any atom is -0.410 e. The predicted octanol–water partition coefficient (Wildman–Crippen LogP) is 4.27. The van der Waals surface area contributed by atoms with Crippen molar-refractivity contribution in [1.82, 2.24) is 4.98 Å². The van der Waals surface area contributed by atoms with Crippen LogP contribution in [-0.4, -0.2) is 9.91 Å². The van der Waals surface area contributed by atoms with Crippen molar-refractivity contribution in [2.45, 2.75) is 0 Å². The molecule has 21 heavy (non-hydrogen) atoms. The topological polar surface area (TPSA) is 78.4 Å². The molecular formula is C13H6FIN2O4. The molecule has 8 heteroatoms. The van der Waals surface area contributed by atoms with Gasteiger partial charge in [0, 0.05) is 12.1 Å². The molecule has 0 spiro atoms. The Kier molecular flexibility index (Phi) is 3.45. The molecule has 3 rings (SSSR count). The maximum absolute atomic E-state index is 13.1. The lowest BCUT2D eigenvalue weighted by molar-refractivity contribution is -0.384. The van der Waals surface area contributed by atoms with Gasteiger partial charge in [0.15, 0.2) is 11.3 Å². The summed E-state index contributed by atoms with van der Waals surface area (Å²) in [6.07, 6.45) is -0.103. The molecule has 6 nitrogen and oxygen atoms in total. The zero-order valence-electron chi connectivity index (χ0n) is 10.2. The summed E-state index contributed by atoms with van der Waals surface area (Å²) < 4.78 is 24.5. The Morgan fingerprint density at radius 1 is 1.29 bits per heavy atom. The first-order chi connectivity index (χ1) is 10.0. The van der Waals surface area contributed by atoms with E-state index >= 15 is 0 Å². The number of nitro benzene ring substituents is 1. The van der Waals surface area contributed by atoms with Gasteiger partial charge in [0.05, 0.1) is 14.6 Å². The molecule has 0 N–H and O–H groups in total. The molecular weight excluding hydrogens is 394 g/mol. The fraction of sp³-hybridized carbons (Fsp3) is 0. The average molecular weight is 400 g/mol. The Morgan fingerprint density at radius 3 is 2.86 bits per heavy atom. The number of halogens is 2. The highest BCUT2D eigenvalue weighted by Crippen LogP contribution is 2.31. The van der Waals surface area contributed by atoms with Gasteiger partial charge in [-0.2, -0.15) is 4.98 Å². The number of hydrogen-bond donors (Lipinski definition) is 0. The Labute approximate surface area is 130 Å². The highest BCUT2D eigenvalue weighted by Gasteiger charge is 2.14. The van der Waals surface area contributed by atoms with Crippen LogP contribution in [0, 0.1) is 19.5 Å². The molecule has 0 aliphatic heterocycles. The molecule has 0 saturated carbocycles. The largest absolute Gasteiger partial charge is 0.410 e. The summed E-state index contributed by atoms with van der Waals surface area (Å²) in [6.45, 7) is 0. The second kappa shape index (κ2) is 5.28. The minimum atomic E-state index is -0.523. The van der Waals surface area contributed by atoms with Crippen LogP contribution in [0.3, 0.4) is 0 Å². The van der Waals surface area contributed by atoms with E-state index in [9.17, 15) is 14.5 Å². The van der Waals surface area contributed by atoms with Crippen molar-refractivity contribution >= 4 is 39.4 Å². The van der Waals surface area contributed by atoms with Crippen molar-refractivity contribution < 1.29 is 18.5 Å². The molecule has 0 saturated heterocycles. The number of ether oxygens (including phenoxy) is 1. The third-order valence-electron chi connectivity index (χ3n) is 2.65. The molecule has 0 unspecified atom stereocenters. The van der Waals surface area contributed by atoms with Crippen molar-refractivity contribution in [3.8, 4) is 11.8 Å². The molecule has 0 radical (unpaired) electrons. The van der Waals surface area contributed by atoms with Gasteiger partial charge in [-0.15, -0.1) is 0 Å². The zero-order valence-corrected chi connectivity index (χ0v) is 12.4. The van der Waals surface area contributed by atoms with Crippen molar-refractivity contribution in [1.29, 1.82) is 0 Å². The van der Waals surface area contributed by atoms with Gasteiger partial charge in [-0.3, -0.25) is 10.1 Å². The van der Waals surface area contributed by atoms with Gasteiger partial charge in [-0.1, -0.05) is 0 Å². The van der Waals surface area contributed by atoms with E-state index in [1.807, 2.05) is 22.6 Å². The fourth-order valence-electron chi connectivity index (χ4n) is 1.70. The summed E-state index contributed by atoms with van der Waals surface area (Å²) in [5, 5.41) is 10.8. The van der Waals surface area contributed by atoms with Crippen molar-refractivity contribution in [2.75, 3.05) is 0 Å². The molecule has 106 valence electrons.